The fourth-order valence-electron chi connectivity index (χ4n) is 3.80. The number of phenolic OH excluding ortho intramolecular Hbond substituents is 1. The highest BCUT2D eigenvalue weighted by Gasteiger charge is 2.25. The quantitative estimate of drug-likeness (QED) is 0.475. The number of phenols is 1. The summed E-state index contributed by atoms with van der Waals surface area (Å²) in [6.07, 6.45) is 4.86. The fraction of sp³-hybridized carbons (Fsp3) is 0.208. The summed E-state index contributed by atoms with van der Waals surface area (Å²) < 4.78 is 20.0. The van der Waals surface area contributed by atoms with Crippen LogP contribution in [0.1, 0.15) is 12.0 Å². The van der Waals surface area contributed by atoms with Crippen LogP contribution in [0.5, 0.6) is 5.75 Å². The number of amides is 1. The van der Waals surface area contributed by atoms with Crippen LogP contribution in [0.4, 0.5) is 4.39 Å². The Bertz CT molecular complexity index is 1230. The monoisotopic (exact) mass is 484 g/mol. The molecule has 33 heavy (non-hydrogen) atoms. The summed E-state index contributed by atoms with van der Waals surface area (Å²) in [5, 5.41) is 11.8. The van der Waals surface area contributed by atoms with Gasteiger partial charge in [-0.25, -0.2) is 8.79 Å². The first-order chi connectivity index (χ1) is 15.9. The van der Waals surface area contributed by atoms with E-state index in [0.717, 1.165) is 11.9 Å². The second-order valence-corrected chi connectivity index (χ2v) is 8.79. The molecule has 1 amide bonds. The fourth-order valence-corrected chi connectivity index (χ4v) is 4.73. The Hall–Kier alpha value is -3.10. The van der Waals surface area contributed by atoms with Crippen molar-refractivity contribution in [2.75, 3.05) is 26.2 Å². The Labute approximate surface area is 200 Å². The van der Waals surface area contributed by atoms with Crippen molar-refractivity contribution in [3.05, 3.63) is 77.2 Å². The van der Waals surface area contributed by atoms with Crippen molar-refractivity contribution in [1.29, 1.82) is 0 Å². The van der Waals surface area contributed by atoms with E-state index in [1.807, 2.05) is 4.90 Å². The molecule has 1 aromatic carbocycles. The number of aromatic hydroxyl groups is 1. The minimum atomic E-state index is -0.542. The van der Waals surface area contributed by atoms with Gasteiger partial charge in [0.15, 0.2) is 5.83 Å². The predicted molar refractivity (Wildman–Crippen MR) is 133 cm³/mol. The molecule has 0 atom stereocenters. The van der Waals surface area contributed by atoms with E-state index in [4.69, 9.17) is 11.6 Å². The Morgan fingerprint density at radius 2 is 2.00 bits per heavy atom. The van der Waals surface area contributed by atoms with Gasteiger partial charge in [-0.05, 0) is 23.8 Å². The number of rotatable bonds is 5. The summed E-state index contributed by atoms with van der Waals surface area (Å²) >= 11 is 7.50. The third kappa shape index (κ3) is 4.82. The largest absolute Gasteiger partial charge is 0.508 e. The van der Waals surface area contributed by atoms with Gasteiger partial charge in [-0.15, -0.1) is 0 Å². The van der Waals surface area contributed by atoms with Crippen molar-refractivity contribution < 1.29 is 14.3 Å². The number of hydrogen-bond donors (Lipinski definition) is 1. The lowest BCUT2D eigenvalue weighted by atomic mass is 9.94. The van der Waals surface area contributed by atoms with E-state index in [9.17, 15) is 9.90 Å². The van der Waals surface area contributed by atoms with Gasteiger partial charge in [-0.3, -0.25) is 9.78 Å². The summed E-state index contributed by atoms with van der Waals surface area (Å²) in [6, 6.07) is 6.56. The molecule has 0 unspecified atom stereocenters. The van der Waals surface area contributed by atoms with E-state index in [-0.39, 0.29) is 34.4 Å². The van der Waals surface area contributed by atoms with Crippen LogP contribution >= 0.6 is 23.5 Å². The van der Waals surface area contributed by atoms with Crippen molar-refractivity contribution in [2.24, 2.45) is 4.40 Å². The van der Waals surface area contributed by atoms with Crippen LogP contribution in [0.2, 0.25) is 0 Å². The molecule has 170 valence electrons. The molecule has 1 aromatic heterocycles. The first kappa shape index (κ1) is 23.1. The molecule has 6 nitrogen and oxygen atoms in total. The van der Waals surface area contributed by atoms with Gasteiger partial charge < -0.3 is 14.9 Å². The Balaban J connectivity index is 1.56. The maximum atomic E-state index is 15.6. The second kappa shape index (κ2) is 9.80. The van der Waals surface area contributed by atoms with Gasteiger partial charge in [0.1, 0.15) is 5.75 Å². The zero-order chi connectivity index (χ0) is 23.5. The summed E-state index contributed by atoms with van der Waals surface area (Å²) in [6.45, 7) is 9.95. The number of nitrogens with zero attached hydrogens (tertiary/aromatic N) is 4. The Morgan fingerprint density at radius 1 is 1.27 bits per heavy atom. The second-order valence-electron chi connectivity index (χ2n) is 7.55. The molecule has 0 radical (unpaired) electrons. The van der Waals surface area contributed by atoms with Gasteiger partial charge in [0.25, 0.3) is 0 Å². The zero-order valence-corrected chi connectivity index (χ0v) is 19.4. The molecule has 0 saturated carbocycles. The van der Waals surface area contributed by atoms with Crippen LogP contribution in [0.15, 0.2) is 76.1 Å². The van der Waals surface area contributed by atoms with Crippen LogP contribution in [-0.4, -0.2) is 57.7 Å². The molecule has 1 fully saturated rings. The number of benzene rings is 1. The van der Waals surface area contributed by atoms with Crippen molar-refractivity contribution in [2.45, 2.75) is 6.42 Å². The average Bonchev–Trinajstić information content (AvgIpc) is 2.83. The predicted octanol–water partition coefficient (Wildman–Crippen LogP) is 5.04. The highest BCUT2D eigenvalue weighted by atomic mass is 35.5. The van der Waals surface area contributed by atoms with Crippen LogP contribution in [-0.2, 0) is 4.79 Å². The standard InChI is InChI=1S/C24H22ClFN4O2S/c1-3-22(32)30-11-9-29(10-12-30)15(2)33-28-20-7-6-19(25)23(24(20)26)18-13-16(31)14-21-17(18)5-4-8-27-21/h3-6,8,13-14,31H,1-2,7,9-12H2. The summed E-state index contributed by atoms with van der Waals surface area (Å²) in [5.74, 6) is -0.657. The molecule has 0 spiro atoms. The summed E-state index contributed by atoms with van der Waals surface area (Å²) in [4.78, 5) is 19.7. The Kier molecular flexibility index (Phi) is 6.85. The van der Waals surface area contributed by atoms with Crippen LogP contribution in [0, 0.1) is 0 Å². The van der Waals surface area contributed by atoms with E-state index < -0.39 is 5.83 Å². The molecule has 2 aliphatic rings. The number of piperazine rings is 1. The van der Waals surface area contributed by atoms with E-state index in [0.29, 0.717) is 47.7 Å². The third-order valence-corrected chi connectivity index (χ3v) is 6.66. The molecule has 4 rings (SSSR count). The highest BCUT2D eigenvalue weighted by molar-refractivity contribution is 8.01. The van der Waals surface area contributed by atoms with Crippen LogP contribution in [0.3, 0.4) is 0 Å². The van der Waals surface area contributed by atoms with Gasteiger partial charge in [0, 0.05) is 72.8 Å². The molecule has 9 heteroatoms. The van der Waals surface area contributed by atoms with Crippen LogP contribution in [0.25, 0.3) is 16.5 Å². The minimum absolute atomic E-state index is 0.0261. The first-order valence-corrected chi connectivity index (χ1v) is 11.5. The normalized spacial score (nSPS) is 18.0. The summed E-state index contributed by atoms with van der Waals surface area (Å²) in [5.41, 5.74) is 1.41. The number of fused-ring (bicyclic) bond motifs is 1. The van der Waals surface area contributed by atoms with Gasteiger partial charge in [0.05, 0.1) is 16.3 Å². The third-order valence-electron chi connectivity index (χ3n) is 5.54. The van der Waals surface area contributed by atoms with E-state index in [1.165, 1.54) is 18.2 Å². The maximum absolute atomic E-state index is 15.6. The lowest BCUT2D eigenvalue weighted by Crippen LogP contribution is -2.47. The van der Waals surface area contributed by atoms with Gasteiger partial charge in [-0.1, -0.05) is 36.9 Å². The number of halogens is 2. The summed E-state index contributed by atoms with van der Waals surface area (Å²) in [7, 11) is 0. The number of carbonyl (C=O) groups is 1. The number of hydrogen-bond acceptors (Lipinski definition) is 6. The average molecular weight is 485 g/mol. The zero-order valence-electron chi connectivity index (χ0n) is 17.8. The molecule has 1 N–H and O–H groups in total. The molecular weight excluding hydrogens is 463 g/mol. The van der Waals surface area contributed by atoms with Crippen molar-refractivity contribution in [3.8, 4) is 5.75 Å². The van der Waals surface area contributed by atoms with E-state index in [1.54, 1.807) is 29.3 Å². The number of aromatic nitrogens is 1. The molecule has 2 aromatic rings. The molecule has 1 saturated heterocycles. The van der Waals surface area contributed by atoms with Gasteiger partial charge >= 0.3 is 0 Å². The number of carbonyl (C=O) groups excluding carboxylic acids is 1. The van der Waals surface area contributed by atoms with Gasteiger partial charge in [0.2, 0.25) is 5.91 Å². The lowest BCUT2D eigenvalue weighted by molar-refractivity contribution is -0.127. The lowest BCUT2D eigenvalue weighted by Gasteiger charge is -2.35. The molecule has 1 aliphatic carbocycles. The van der Waals surface area contributed by atoms with Crippen molar-refractivity contribution in [1.82, 2.24) is 14.8 Å². The van der Waals surface area contributed by atoms with E-state index >= 15 is 4.39 Å². The topological polar surface area (TPSA) is 69.0 Å². The maximum Gasteiger partial charge on any atom is 0.246 e. The molecule has 2 heterocycles. The first-order valence-electron chi connectivity index (χ1n) is 10.3. The Morgan fingerprint density at radius 3 is 2.73 bits per heavy atom. The smallest absolute Gasteiger partial charge is 0.246 e. The van der Waals surface area contributed by atoms with Crippen molar-refractivity contribution >= 4 is 51.6 Å². The molecule has 1 aliphatic heterocycles. The van der Waals surface area contributed by atoms with E-state index in [2.05, 4.69) is 22.5 Å². The molecular formula is C24H22ClFN4O2S. The SMILES string of the molecule is C=CC(=O)N1CCN(C(=C)SN=C2CC=C(Cl)C(c3cc(O)cc4ncccc34)=C2F)CC1. The number of allylic oxidation sites excluding steroid dienone is 4. The van der Waals surface area contributed by atoms with Crippen molar-refractivity contribution in [3.63, 3.8) is 0 Å². The minimum Gasteiger partial charge on any atom is -0.508 e. The number of pyridine rings is 1. The van der Waals surface area contributed by atoms with Gasteiger partial charge in [-0.2, -0.15) is 0 Å². The highest BCUT2D eigenvalue weighted by Crippen LogP contribution is 2.40. The molecule has 0 bridgehead atoms. The van der Waals surface area contributed by atoms with Crippen LogP contribution < -0.4 is 0 Å².